The van der Waals surface area contributed by atoms with Crippen LogP contribution in [0.25, 0.3) is 0 Å². The van der Waals surface area contributed by atoms with Gasteiger partial charge in [0.1, 0.15) is 17.6 Å². The van der Waals surface area contributed by atoms with Gasteiger partial charge in [-0.05, 0) is 57.2 Å². The molecule has 1 aromatic rings. The molecule has 4 heteroatoms. The molecule has 0 amide bonds. The van der Waals surface area contributed by atoms with Crippen LogP contribution < -0.4 is 10.1 Å². The van der Waals surface area contributed by atoms with Crippen molar-refractivity contribution in [3.63, 3.8) is 0 Å². The van der Waals surface area contributed by atoms with Crippen molar-refractivity contribution in [3.05, 3.63) is 23.8 Å². The van der Waals surface area contributed by atoms with Crippen LogP contribution in [-0.4, -0.2) is 24.7 Å². The van der Waals surface area contributed by atoms with E-state index in [9.17, 15) is 0 Å². The lowest BCUT2D eigenvalue weighted by Crippen LogP contribution is -2.27. The van der Waals surface area contributed by atoms with Crippen molar-refractivity contribution in [2.45, 2.75) is 50.9 Å². The third-order valence-corrected chi connectivity index (χ3v) is 3.99. The van der Waals surface area contributed by atoms with Gasteiger partial charge in [-0.1, -0.05) is 0 Å². The van der Waals surface area contributed by atoms with Crippen LogP contribution in [-0.2, 0) is 4.74 Å². The van der Waals surface area contributed by atoms with Crippen LogP contribution in [0.3, 0.4) is 0 Å². The quantitative estimate of drug-likeness (QED) is 0.807. The Balaban J connectivity index is 1.71. The normalized spacial score (nSPS) is 23.9. The Morgan fingerprint density at radius 3 is 2.90 bits per heavy atom. The maximum absolute atomic E-state index is 7.58. The average molecular weight is 274 g/mol. The molecular weight excluding hydrogens is 252 g/mol. The molecule has 4 nitrogen and oxygen atoms in total. The van der Waals surface area contributed by atoms with E-state index in [2.05, 4.69) is 12.2 Å². The molecule has 2 aliphatic rings. The van der Waals surface area contributed by atoms with Gasteiger partial charge < -0.3 is 20.2 Å². The van der Waals surface area contributed by atoms with Crippen molar-refractivity contribution in [1.82, 2.24) is 0 Å². The number of ether oxygens (including phenoxy) is 2. The molecule has 1 aliphatic carbocycles. The lowest BCUT2D eigenvalue weighted by molar-refractivity contribution is 0.0343. The smallest absolute Gasteiger partial charge is 0.127 e. The van der Waals surface area contributed by atoms with E-state index >= 15 is 0 Å². The zero-order chi connectivity index (χ0) is 14.0. The molecule has 20 heavy (non-hydrogen) atoms. The summed E-state index contributed by atoms with van der Waals surface area (Å²) >= 11 is 0. The topological polar surface area (TPSA) is 54.3 Å². The maximum Gasteiger partial charge on any atom is 0.127 e. The van der Waals surface area contributed by atoms with E-state index in [0.29, 0.717) is 0 Å². The van der Waals surface area contributed by atoms with Gasteiger partial charge in [0, 0.05) is 24.1 Å². The zero-order valence-electron chi connectivity index (χ0n) is 11.9. The van der Waals surface area contributed by atoms with Gasteiger partial charge in [0.05, 0.1) is 0 Å². The van der Waals surface area contributed by atoms with Crippen molar-refractivity contribution in [2.75, 3.05) is 11.9 Å². The van der Waals surface area contributed by atoms with E-state index in [1.807, 2.05) is 18.2 Å². The minimum absolute atomic E-state index is 0.0146. The summed E-state index contributed by atoms with van der Waals surface area (Å²) in [6.07, 6.45) is 7.01. The van der Waals surface area contributed by atoms with Crippen LogP contribution in [0.1, 0.15) is 44.6 Å². The number of benzene rings is 1. The summed E-state index contributed by atoms with van der Waals surface area (Å²) in [6.45, 7) is 2.94. The van der Waals surface area contributed by atoms with E-state index in [1.54, 1.807) is 0 Å². The number of nitrogens with one attached hydrogen (secondary N) is 2. The molecule has 2 fully saturated rings. The Hall–Kier alpha value is -1.55. The Kier molecular flexibility index (Phi) is 3.66. The number of anilines is 1. The fourth-order valence-electron chi connectivity index (χ4n) is 2.45. The molecule has 108 valence electrons. The Labute approximate surface area is 120 Å². The summed E-state index contributed by atoms with van der Waals surface area (Å²) in [7, 11) is 0. The third kappa shape index (κ3) is 3.12. The van der Waals surface area contributed by atoms with Crippen molar-refractivity contribution >= 4 is 11.9 Å². The number of rotatable bonds is 5. The summed E-state index contributed by atoms with van der Waals surface area (Å²) in [5, 5.41) is 11.0. The van der Waals surface area contributed by atoms with E-state index in [1.165, 1.54) is 12.6 Å². The van der Waals surface area contributed by atoms with Gasteiger partial charge in [0.15, 0.2) is 0 Å². The molecule has 1 aromatic carbocycles. The van der Waals surface area contributed by atoms with Crippen molar-refractivity contribution in [3.8, 4) is 5.75 Å². The fraction of sp³-hybridized carbons (Fsp3) is 0.562. The lowest BCUT2D eigenvalue weighted by Gasteiger charge is -2.25. The van der Waals surface area contributed by atoms with Crippen LogP contribution in [0, 0.1) is 5.41 Å². The molecule has 3 rings (SSSR count). The first kappa shape index (κ1) is 13.4. The Morgan fingerprint density at radius 2 is 2.25 bits per heavy atom. The van der Waals surface area contributed by atoms with Crippen molar-refractivity contribution < 1.29 is 9.47 Å². The van der Waals surface area contributed by atoms with Crippen LogP contribution in [0.5, 0.6) is 5.75 Å². The molecule has 1 heterocycles. The molecule has 2 N–H and O–H groups in total. The van der Waals surface area contributed by atoms with E-state index in [4.69, 9.17) is 14.9 Å². The van der Waals surface area contributed by atoms with Crippen LogP contribution in [0.2, 0.25) is 0 Å². The highest BCUT2D eigenvalue weighted by molar-refractivity contribution is 5.86. The Bertz CT molecular complexity index is 491. The van der Waals surface area contributed by atoms with Crippen molar-refractivity contribution in [1.29, 1.82) is 5.41 Å². The molecule has 0 spiro atoms. The largest absolute Gasteiger partial charge is 0.488 e. The highest BCUT2D eigenvalue weighted by Crippen LogP contribution is 2.40. The predicted molar refractivity (Wildman–Crippen MR) is 79.8 cm³/mol. The fourth-order valence-corrected chi connectivity index (χ4v) is 2.45. The molecular formula is C16H22N2O2. The highest BCUT2D eigenvalue weighted by atomic mass is 16.5. The second-order valence-electron chi connectivity index (χ2n) is 5.94. The lowest BCUT2D eigenvalue weighted by atomic mass is 10.1. The third-order valence-electron chi connectivity index (χ3n) is 3.99. The first-order valence-electron chi connectivity index (χ1n) is 7.40. The second kappa shape index (κ2) is 5.44. The molecule has 0 bridgehead atoms. The molecule has 1 saturated heterocycles. The van der Waals surface area contributed by atoms with E-state index in [-0.39, 0.29) is 11.8 Å². The van der Waals surface area contributed by atoms with Crippen LogP contribution >= 0.6 is 0 Å². The Morgan fingerprint density at radius 1 is 1.40 bits per heavy atom. The SMILES string of the molecule is CC1(Oc2ccc(NC3CCCCO3)c(C=N)c2)CC1. The van der Waals surface area contributed by atoms with Gasteiger partial charge in [-0.3, -0.25) is 0 Å². The van der Waals surface area contributed by atoms with Crippen molar-refractivity contribution in [2.24, 2.45) is 0 Å². The minimum Gasteiger partial charge on any atom is -0.488 e. The monoisotopic (exact) mass is 274 g/mol. The van der Waals surface area contributed by atoms with Gasteiger partial charge in [0.2, 0.25) is 0 Å². The molecule has 1 saturated carbocycles. The molecule has 1 aliphatic heterocycles. The highest BCUT2D eigenvalue weighted by Gasteiger charge is 2.40. The van der Waals surface area contributed by atoms with Crippen LogP contribution in [0.15, 0.2) is 18.2 Å². The summed E-state index contributed by atoms with van der Waals surface area (Å²) in [5.41, 5.74) is 1.81. The number of hydrogen-bond acceptors (Lipinski definition) is 4. The summed E-state index contributed by atoms with van der Waals surface area (Å²) < 4.78 is 11.6. The summed E-state index contributed by atoms with van der Waals surface area (Å²) in [4.78, 5) is 0. The predicted octanol–water partition coefficient (Wildman–Crippen LogP) is 3.55. The number of hydrogen-bond donors (Lipinski definition) is 2. The molecule has 0 radical (unpaired) electrons. The van der Waals surface area contributed by atoms with Gasteiger partial charge in [-0.2, -0.15) is 0 Å². The van der Waals surface area contributed by atoms with Gasteiger partial charge in [0.25, 0.3) is 0 Å². The maximum atomic E-state index is 7.58. The second-order valence-corrected chi connectivity index (χ2v) is 5.94. The van der Waals surface area contributed by atoms with E-state index in [0.717, 1.165) is 49.3 Å². The van der Waals surface area contributed by atoms with Crippen LogP contribution in [0.4, 0.5) is 5.69 Å². The molecule has 1 unspecified atom stereocenters. The molecule has 1 atom stereocenters. The summed E-state index contributed by atoms with van der Waals surface area (Å²) in [5.74, 6) is 0.846. The average Bonchev–Trinajstić information content (AvgIpc) is 3.19. The zero-order valence-corrected chi connectivity index (χ0v) is 11.9. The minimum atomic E-state index is 0.0146. The van der Waals surface area contributed by atoms with Gasteiger partial charge in [-0.15, -0.1) is 0 Å². The standard InChI is InChI=1S/C16H22N2O2/c1-16(7-8-16)20-13-5-6-14(12(10-13)11-17)18-15-4-2-3-9-19-15/h5-6,10-11,15,17-18H,2-4,7-9H2,1H3. The van der Waals surface area contributed by atoms with Gasteiger partial charge >= 0.3 is 0 Å². The van der Waals surface area contributed by atoms with E-state index < -0.39 is 0 Å². The molecule has 0 aromatic heterocycles. The van der Waals surface area contributed by atoms with Gasteiger partial charge in [-0.25, -0.2) is 0 Å². The first-order valence-corrected chi connectivity index (χ1v) is 7.40. The first-order chi connectivity index (χ1) is 9.68. The summed E-state index contributed by atoms with van der Waals surface area (Å²) in [6, 6.07) is 5.89.